The van der Waals surface area contributed by atoms with Crippen LogP contribution >= 0.6 is 0 Å². The lowest BCUT2D eigenvalue weighted by molar-refractivity contribution is -0.135. The van der Waals surface area contributed by atoms with Gasteiger partial charge in [0.15, 0.2) is 0 Å². The molecule has 2 amide bonds. The van der Waals surface area contributed by atoms with E-state index in [0.29, 0.717) is 25.2 Å². The first kappa shape index (κ1) is 18.1. The quantitative estimate of drug-likeness (QED) is 0.824. The third kappa shape index (κ3) is 3.76. The molecule has 1 saturated heterocycles. The Labute approximate surface area is 152 Å². The minimum absolute atomic E-state index is 0.0540. The van der Waals surface area contributed by atoms with Crippen LogP contribution in [0, 0.1) is 12.7 Å². The fraction of sp³-hybridized carbons (Fsp3) is 0.421. The predicted octanol–water partition coefficient (Wildman–Crippen LogP) is 2.23. The van der Waals surface area contributed by atoms with E-state index in [-0.39, 0.29) is 24.2 Å². The Morgan fingerprint density at radius 1 is 1.23 bits per heavy atom. The molecule has 0 bridgehead atoms. The van der Waals surface area contributed by atoms with Crippen LogP contribution in [0.2, 0.25) is 0 Å². The van der Waals surface area contributed by atoms with Crippen LogP contribution < -0.4 is 0 Å². The van der Waals surface area contributed by atoms with Gasteiger partial charge >= 0.3 is 0 Å². The molecule has 2 aromatic rings. The van der Waals surface area contributed by atoms with Gasteiger partial charge in [-0.25, -0.2) is 4.39 Å². The number of nitrogens with zero attached hydrogens (tertiary/aromatic N) is 4. The highest BCUT2D eigenvalue weighted by molar-refractivity contribution is 5.97. The van der Waals surface area contributed by atoms with E-state index in [1.165, 1.54) is 12.1 Å². The Hall–Kier alpha value is -2.70. The second kappa shape index (κ2) is 7.68. The molecule has 0 saturated carbocycles. The molecule has 26 heavy (non-hydrogen) atoms. The summed E-state index contributed by atoms with van der Waals surface area (Å²) in [5.74, 6) is -0.554. The van der Waals surface area contributed by atoms with Crippen molar-refractivity contribution in [3.05, 3.63) is 53.1 Å². The van der Waals surface area contributed by atoms with Gasteiger partial charge in [-0.15, -0.1) is 0 Å². The Balaban J connectivity index is 1.63. The summed E-state index contributed by atoms with van der Waals surface area (Å²) < 4.78 is 14.8. The van der Waals surface area contributed by atoms with Gasteiger partial charge in [0.25, 0.3) is 5.91 Å². The van der Waals surface area contributed by atoms with Gasteiger partial charge in [-0.2, -0.15) is 5.10 Å². The van der Waals surface area contributed by atoms with Crippen molar-refractivity contribution < 1.29 is 14.0 Å². The Kier molecular flexibility index (Phi) is 5.35. The summed E-state index contributed by atoms with van der Waals surface area (Å²) in [5.41, 5.74) is 2.26. The predicted molar refractivity (Wildman–Crippen MR) is 95.0 cm³/mol. The number of rotatable bonds is 5. The third-order valence-electron chi connectivity index (χ3n) is 4.66. The van der Waals surface area contributed by atoms with Crippen LogP contribution in [0.5, 0.6) is 0 Å². The SMILES string of the molecule is CCCn1ncc(C(=O)N2CCN(Cc3ccc(F)cc3)C(=O)C2)c1C. The van der Waals surface area contributed by atoms with E-state index in [1.807, 2.05) is 11.6 Å². The van der Waals surface area contributed by atoms with Crippen molar-refractivity contribution in [2.75, 3.05) is 19.6 Å². The molecule has 1 aromatic carbocycles. The zero-order chi connectivity index (χ0) is 18.7. The van der Waals surface area contributed by atoms with Crippen molar-refractivity contribution in [1.29, 1.82) is 0 Å². The fourth-order valence-corrected chi connectivity index (χ4v) is 3.12. The van der Waals surface area contributed by atoms with Gasteiger partial charge in [0.2, 0.25) is 5.91 Å². The molecule has 0 spiro atoms. The van der Waals surface area contributed by atoms with Crippen LogP contribution in [0.25, 0.3) is 0 Å². The molecule has 138 valence electrons. The zero-order valence-corrected chi connectivity index (χ0v) is 15.1. The van der Waals surface area contributed by atoms with E-state index in [4.69, 9.17) is 0 Å². The maximum atomic E-state index is 13.0. The van der Waals surface area contributed by atoms with E-state index in [1.54, 1.807) is 28.1 Å². The molecular formula is C19H23FN4O2. The molecule has 0 radical (unpaired) electrons. The van der Waals surface area contributed by atoms with E-state index in [2.05, 4.69) is 12.0 Å². The van der Waals surface area contributed by atoms with Crippen molar-refractivity contribution in [3.8, 4) is 0 Å². The Bertz CT molecular complexity index is 800. The second-order valence-corrected chi connectivity index (χ2v) is 6.54. The number of carbonyl (C=O) groups is 2. The summed E-state index contributed by atoms with van der Waals surface area (Å²) in [5, 5.41) is 4.26. The van der Waals surface area contributed by atoms with Crippen LogP contribution in [0.4, 0.5) is 4.39 Å². The number of piperazine rings is 1. The highest BCUT2D eigenvalue weighted by Gasteiger charge is 2.29. The fourth-order valence-electron chi connectivity index (χ4n) is 3.12. The summed E-state index contributed by atoms with van der Waals surface area (Å²) in [6, 6.07) is 6.11. The van der Waals surface area contributed by atoms with Crippen molar-refractivity contribution in [2.45, 2.75) is 33.4 Å². The molecule has 2 heterocycles. The van der Waals surface area contributed by atoms with Crippen molar-refractivity contribution >= 4 is 11.8 Å². The lowest BCUT2D eigenvalue weighted by Gasteiger charge is -2.34. The number of amides is 2. The molecule has 0 atom stereocenters. The normalized spacial score (nSPS) is 14.8. The summed E-state index contributed by atoms with van der Waals surface area (Å²) in [6.45, 7) is 6.12. The van der Waals surface area contributed by atoms with Gasteiger partial charge in [-0.1, -0.05) is 19.1 Å². The maximum absolute atomic E-state index is 13.0. The van der Waals surface area contributed by atoms with Crippen molar-refractivity contribution in [2.24, 2.45) is 0 Å². The summed E-state index contributed by atoms with van der Waals surface area (Å²) in [6.07, 6.45) is 2.53. The number of aryl methyl sites for hydroxylation is 1. The van der Waals surface area contributed by atoms with Crippen LogP contribution in [-0.4, -0.2) is 51.0 Å². The highest BCUT2D eigenvalue weighted by Crippen LogP contribution is 2.15. The molecule has 3 rings (SSSR count). The molecule has 1 fully saturated rings. The number of hydrogen-bond acceptors (Lipinski definition) is 3. The summed E-state index contributed by atoms with van der Waals surface area (Å²) >= 11 is 0. The van der Waals surface area contributed by atoms with Crippen molar-refractivity contribution in [3.63, 3.8) is 0 Å². The topological polar surface area (TPSA) is 58.4 Å². The van der Waals surface area contributed by atoms with Crippen LogP contribution in [0.1, 0.15) is 35.0 Å². The number of benzene rings is 1. The number of carbonyl (C=O) groups excluding carboxylic acids is 2. The molecular weight excluding hydrogens is 335 g/mol. The monoisotopic (exact) mass is 358 g/mol. The van der Waals surface area contributed by atoms with E-state index in [9.17, 15) is 14.0 Å². The lowest BCUT2D eigenvalue weighted by Crippen LogP contribution is -2.51. The zero-order valence-electron chi connectivity index (χ0n) is 15.1. The molecule has 6 nitrogen and oxygen atoms in total. The second-order valence-electron chi connectivity index (χ2n) is 6.54. The third-order valence-corrected chi connectivity index (χ3v) is 4.66. The summed E-state index contributed by atoms with van der Waals surface area (Å²) in [4.78, 5) is 28.5. The van der Waals surface area contributed by atoms with Gasteiger partial charge in [0.05, 0.1) is 11.8 Å². The molecule has 0 N–H and O–H groups in total. The average molecular weight is 358 g/mol. The Morgan fingerprint density at radius 2 is 1.96 bits per heavy atom. The minimum Gasteiger partial charge on any atom is -0.335 e. The van der Waals surface area contributed by atoms with Gasteiger partial charge in [0.1, 0.15) is 12.4 Å². The van der Waals surface area contributed by atoms with Gasteiger partial charge in [0, 0.05) is 31.9 Å². The lowest BCUT2D eigenvalue weighted by atomic mass is 10.1. The van der Waals surface area contributed by atoms with Gasteiger partial charge < -0.3 is 9.80 Å². The maximum Gasteiger partial charge on any atom is 0.257 e. The molecule has 1 aromatic heterocycles. The smallest absolute Gasteiger partial charge is 0.257 e. The van der Waals surface area contributed by atoms with E-state index < -0.39 is 0 Å². The van der Waals surface area contributed by atoms with Crippen LogP contribution in [0.3, 0.4) is 0 Å². The van der Waals surface area contributed by atoms with Crippen LogP contribution in [-0.2, 0) is 17.9 Å². The van der Waals surface area contributed by atoms with Crippen LogP contribution in [0.15, 0.2) is 30.5 Å². The Morgan fingerprint density at radius 3 is 2.62 bits per heavy atom. The number of hydrogen-bond donors (Lipinski definition) is 0. The molecule has 1 aliphatic heterocycles. The van der Waals surface area contributed by atoms with E-state index in [0.717, 1.165) is 24.2 Å². The van der Waals surface area contributed by atoms with Gasteiger partial charge in [-0.05, 0) is 31.0 Å². The summed E-state index contributed by atoms with van der Waals surface area (Å²) in [7, 11) is 0. The first-order valence-corrected chi connectivity index (χ1v) is 8.83. The molecule has 0 unspecified atom stereocenters. The average Bonchev–Trinajstić information content (AvgIpc) is 2.99. The van der Waals surface area contributed by atoms with Gasteiger partial charge in [-0.3, -0.25) is 14.3 Å². The highest BCUT2D eigenvalue weighted by atomic mass is 19.1. The first-order valence-electron chi connectivity index (χ1n) is 8.83. The first-order chi connectivity index (χ1) is 12.5. The van der Waals surface area contributed by atoms with E-state index >= 15 is 0 Å². The molecule has 0 aliphatic carbocycles. The number of aromatic nitrogens is 2. The standard InChI is InChI=1S/C19H23FN4O2/c1-3-8-24-14(2)17(11-21-24)19(26)23-10-9-22(18(25)13-23)12-15-4-6-16(20)7-5-15/h4-7,11H,3,8-10,12-13H2,1-2H3. The molecule has 7 heteroatoms. The largest absolute Gasteiger partial charge is 0.335 e. The molecule has 1 aliphatic rings. The minimum atomic E-state index is -0.297. The number of halogens is 1. The van der Waals surface area contributed by atoms with Crippen molar-refractivity contribution in [1.82, 2.24) is 19.6 Å².